The Morgan fingerprint density at radius 1 is 1.23 bits per heavy atom. The zero-order valence-electron chi connectivity index (χ0n) is 14.2. The van der Waals surface area contributed by atoms with Gasteiger partial charge < -0.3 is 9.72 Å². The Kier molecular flexibility index (Phi) is 5.38. The maximum Gasteiger partial charge on any atom is 0.270 e. The number of ether oxygens (including phenoxy) is 1. The number of aryl methyl sites for hydroxylation is 1. The summed E-state index contributed by atoms with van der Waals surface area (Å²) >= 11 is 0. The molecule has 1 heterocycles. The van der Waals surface area contributed by atoms with E-state index in [4.69, 9.17) is 4.74 Å². The monoisotopic (exact) mass is 350 g/mol. The summed E-state index contributed by atoms with van der Waals surface area (Å²) in [5.74, 6) is 0.364. The summed E-state index contributed by atoms with van der Waals surface area (Å²) in [5.41, 5.74) is 4.60. The molecule has 26 heavy (non-hydrogen) atoms. The second-order valence-electron chi connectivity index (χ2n) is 5.56. The second kappa shape index (κ2) is 8.06. The molecular weight excluding hydrogens is 332 g/mol. The van der Waals surface area contributed by atoms with Gasteiger partial charge >= 0.3 is 0 Å². The van der Waals surface area contributed by atoms with Crippen LogP contribution in [0, 0.1) is 0 Å². The minimum atomic E-state index is -0.300. The second-order valence-corrected chi connectivity index (χ2v) is 5.56. The maximum atomic E-state index is 12.0. The lowest BCUT2D eigenvalue weighted by molar-refractivity contribution is -0.121. The number of hydrogen-bond acceptors (Lipinski definition) is 5. The summed E-state index contributed by atoms with van der Waals surface area (Å²) in [6.07, 6.45) is 1.85. The molecule has 3 rings (SSSR count). The molecule has 0 aliphatic rings. The molecule has 1 amide bonds. The van der Waals surface area contributed by atoms with Crippen molar-refractivity contribution in [2.45, 2.75) is 12.8 Å². The Morgan fingerprint density at radius 3 is 2.85 bits per heavy atom. The molecule has 0 saturated heterocycles. The summed E-state index contributed by atoms with van der Waals surface area (Å²) in [6.45, 7) is 0. The normalized spacial score (nSPS) is 11.0. The molecule has 0 unspecified atom stereocenters. The molecule has 7 nitrogen and oxygen atoms in total. The van der Waals surface area contributed by atoms with Gasteiger partial charge in [0.15, 0.2) is 0 Å². The maximum absolute atomic E-state index is 12.0. The molecule has 0 saturated carbocycles. The molecule has 132 valence electrons. The number of aromatic amines is 1. The van der Waals surface area contributed by atoms with Crippen LogP contribution in [0.15, 0.2) is 58.4 Å². The van der Waals surface area contributed by atoms with E-state index in [-0.39, 0.29) is 24.3 Å². The van der Waals surface area contributed by atoms with E-state index in [1.165, 1.54) is 6.21 Å². The van der Waals surface area contributed by atoms with Gasteiger partial charge in [-0.1, -0.05) is 24.3 Å². The Morgan fingerprint density at radius 2 is 2.00 bits per heavy atom. The molecule has 0 aliphatic heterocycles. The topological polar surface area (TPSA) is 96.4 Å². The van der Waals surface area contributed by atoms with E-state index in [1.54, 1.807) is 19.2 Å². The van der Waals surface area contributed by atoms with Gasteiger partial charge in [-0.15, -0.1) is 0 Å². The molecular formula is C19H18N4O3. The summed E-state index contributed by atoms with van der Waals surface area (Å²) in [4.78, 5) is 31.0. The van der Waals surface area contributed by atoms with Crippen LogP contribution in [0.25, 0.3) is 11.0 Å². The van der Waals surface area contributed by atoms with E-state index in [0.29, 0.717) is 22.5 Å². The van der Waals surface area contributed by atoms with E-state index in [1.807, 2.05) is 36.4 Å². The third kappa shape index (κ3) is 4.13. The number of nitrogens with zero attached hydrogens (tertiary/aromatic N) is 2. The number of amides is 1. The summed E-state index contributed by atoms with van der Waals surface area (Å²) < 4.78 is 5.21. The third-order valence-corrected chi connectivity index (χ3v) is 3.79. The van der Waals surface area contributed by atoms with Gasteiger partial charge in [-0.3, -0.25) is 9.59 Å². The van der Waals surface area contributed by atoms with Gasteiger partial charge in [0.1, 0.15) is 11.4 Å². The van der Waals surface area contributed by atoms with Crippen molar-refractivity contribution in [3.8, 4) is 5.75 Å². The quantitative estimate of drug-likeness (QED) is 0.525. The number of rotatable bonds is 6. The third-order valence-electron chi connectivity index (χ3n) is 3.79. The molecule has 3 aromatic rings. The van der Waals surface area contributed by atoms with Crippen LogP contribution >= 0.6 is 0 Å². The van der Waals surface area contributed by atoms with Crippen LogP contribution in [0.2, 0.25) is 0 Å². The zero-order chi connectivity index (χ0) is 18.4. The van der Waals surface area contributed by atoms with Crippen molar-refractivity contribution in [2.24, 2.45) is 5.10 Å². The summed E-state index contributed by atoms with van der Waals surface area (Å²) in [7, 11) is 1.57. The van der Waals surface area contributed by atoms with Crippen LogP contribution < -0.4 is 15.7 Å². The summed E-state index contributed by atoms with van der Waals surface area (Å²) in [5, 5.41) is 3.92. The fourth-order valence-electron chi connectivity index (χ4n) is 2.47. The van der Waals surface area contributed by atoms with Crippen molar-refractivity contribution in [3.63, 3.8) is 0 Å². The van der Waals surface area contributed by atoms with Gasteiger partial charge in [-0.2, -0.15) is 5.10 Å². The first-order chi connectivity index (χ1) is 12.7. The van der Waals surface area contributed by atoms with Crippen LogP contribution in [0.5, 0.6) is 5.75 Å². The molecule has 2 aromatic carbocycles. The zero-order valence-corrected chi connectivity index (χ0v) is 14.2. The van der Waals surface area contributed by atoms with Crippen LogP contribution in [-0.4, -0.2) is 29.2 Å². The number of carbonyl (C=O) groups is 1. The number of H-pyrrole nitrogens is 1. The first kappa shape index (κ1) is 17.3. The Balaban J connectivity index is 1.60. The minimum absolute atomic E-state index is 0.109. The van der Waals surface area contributed by atoms with Crippen LogP contribution in [0.4, 0.5) is 0 Å². The van der Waals surface area contributed by atoms with Crippen molar-refractivity contribution < 1.29 is 9.53 Å². The number of aromatic nitrogens is 2. The largest absolute Gasteiger partial charge is 0.496 e. The number of fused-ring (bicyclic) bond motifs is 1. The van der Waals surface area contributed by atoms with E-state index < -0.39 is 0 Å². The number of para-hydroxylation sites is 3. The van der Waals surface area contributed by atoms with Gasteiger partial charge in [0.25, 0.3) is 5.56 Å². The molecule has 1 aromatic heterocycles. The molecule has 0 fully saturated rings. The number of hydrazone groups is 1. The van der Waals surface area contributed by atoms with Crippen LogP contribution in [-0.2, 0) is 11.2 Å². The van der Waals surface area contributed by atoms with Crippen molar-refractivity contribution in [1.82, 2.24) is 15.4 Å². The number of hydrogen-bond donors (Lipinski definition) is 2. The van der Waals surface area contributed by atoms with Crippen LogP contribution in [0.1, 0.15) is 17.7 Å². The van der Waals surface area contributed by atoms with E-state index in [0.717, 1.165) is 5.56 Å². The van der Waals surface area contributed by atoms with Crippen LogP contribution in [0.3, 0.4) is 0 Å². The fraction of sp³-hybridized carbons (Fsp3) is 0.158. The number of carbonyl (C=O) groups excluding carboxylic acids is 1. The number of benzene rings is 2. The molecule has 7 heteroatoms. The smallest absolute Gasteiger partial charge is 0.270 e. The average Bonchev–Trinajstić information content (AvgIpc) is 2.66. The highest BCUT2D eigenvalue weighted by atomic mass is 16.5. The number of nitrogens with one attached hydrogen (secondary N) is 2. The standard InChI is InChI=1S/C19H18N4O3/c1-26-17-9-5-2-6-13(17)12-20-23-18(24)11-10-16-19(25)22-15-8-4-3-7-14(15)21-16/h2-9,12H,10-11H2,1H3,(H,22,25)(H,23,24)/b20-12-. The van der Waals surface area contributed by atoms with Gasteiger partial charge in [0.2, 0.25) is 5.91 Å². The predicted molar refractivity (Wildman–Crippen MR) is 99.4 cm³/mol. The van der Waals surface area contributed by atoms with E-state index in [9.17, 15) is 9.59 Å². The fourth-order valence-corrected chi connectivity index (χ4v) is 2.47. The van der Waals surface area contributed by atoms with Gasteiger partial charge in [-0.05, 0) is 24.3 Å². The lowest BCUT2D eigenvalue weighted by Crippen LogP contribution is -2.21. The van der Waals surface area contributed by atoms with Crippen molar-refractivity contribution in [1.29, 1.82) is 0 Å². The Bertz CT molecular complexity index is 1010. The average molecular weight is 350 g/mol. The molecule has 0 aliphatic carbocycles. The molecule has 0 bridgehead atoms. The highest BCUT2D eigenvalue weighted by Gasteiger charge is 2.08. The first-order valence-corrected chi connectivity index (χ1v) is 8.10. The van der Waals surface area contributed by atoms with Gasteiger partial charge in [0, 0.05) is 18.4 Å². The van der Waals surface area contributed by atoms with Crippen molar-refractivity contribution in [2.75, 3.05) is 7.11 Å². The van der Waals surface area contributed by atoms with E-state index >= 15 is 0 Å². The number of methoxy groups -OCH3 is 1. The first-order valence-electron chi connectivity index (χ1n) is 8.10. The lowest BCUT2D eigenvalue weighted by atomic mass is 10.2. The SMILES string of the molecule is COc1ccccc1/C=N\NC(=O)CCc1nc2ccccc2[nH]c1=O. The van der Waals surface area contributed by atoms with Crippen molar-refractivity contribution in [3.05, 3.63) is 70.1 Å². The minimum Gasteiger partial charge on any atom is -0.496 e. The highest BCUT2D eigenvalue weighted by Crippen LogP contribution is 2.14. The molecule has 0 radical (unpaired) electrons. The Hall–Kier alpha value is -3.48. The summed E-state index contributed by atoms with van der Waals surface area (Å²) in [6, 6.07) is 14.6. The Labute approximate surface area is 149 Å². The molecule has 2 N–H and O–H groups in total. The molecule has 0 spiro atoms. The highest BCUT2D eigenvalue weighted by molar-refractivity contribution is 5.85. The van der Waals surface area contributed by atoms with Crippen molar-refractivity contribution >= 4 is 23.2 Å². The molecule has 0 atom stereocenters. The van der Waals surface area contributed by atoms with E-state index in [2.05, 4.69) is 20.5 Å². The van der Waals surface area contributed by atoms with Gasteiger partial charge in [0.05, 0.1) is 24.4 Å². The van der Waals surface area contributed by atoms with Gasteiger partial charge in [-0.25, -0.2) is 10.4 Å². The lowest BCUT2D eigenvalue weighted by Gasteiger charge is -2.04. The predicted octanol–water partition coefficient (Wildman–Crippen LogP) is 2.01.